The zero-order valence-corrected chi connectivity index (χ0v) is 13.2. The molecule has 0 bridgehead atoms. The molecule has 1 rings (SSSR count). The van der Waals surface area contributed by atoms with E-state index in [0.717, 1.165) is 5.56 Å². The summed E-state index contributed by atoms with van der Waals surface area (Å²) in [6, 6.07) is 1.79. The van der Waals surface area contributed by atoms with Gasteiger partial charge in [-0.2, -0.15) is 11.3 Å². The first-order chi connectivity index (χ1) is 9.80. The van der Waals surface area contributed by atoms with Crippen molar-refractivity contribution in [3.05, 3.63) is 22.4 Å². The zero-order valence-electron chi connectivity index (χ0n) is 11.5. The van der Waals surface area contributed by atoms with Crippen LogP contribution in [0.2, 0.25) is 0 Å². The largest absolute Gasteiger partial charge is 0.481 e. The van der Waals surface area contributed by atoms with Gasteiger partial charge in [-0.3, -0.25) is 14.2 Å². The number of carboxylic acids is 2. The third-order valence-electron chi connectivity index (χ3n) is 3.13. The molecule has 0 aliphatic rings. The van der Waals surface area contributed by atoms with E-state index >= 15 is 0 Å². The van der Waals surface area contributed by atoms with E-state index in [-0.39, 0.29) is 31.6 Å². The minimum absolute atomic E-state index is 0.0466. The molecule has 6 nitrogen and oxygen atoms in total. The van der Waals surface area contributed by atoms with Crippen molar-refractivity contribution in [2.24, 2.45) is 5.92 Å². The molecule has 1 aromatic heterocycles. The minimum Gasteiger partial charge on any atom is -0.481 e. The highest BCUT2D eigenvalue weighted by Gasteiger charge is 2.22. The van der Waals surface area contributed by atoms with Crippen molar-refractivity contribution in [2.75, 3.05) is 6.16 Å². The fourth-order valence-electron chi connectivity index (χ4n) is 2.02. The van der Waals surface area contributed by atoms with Gasteiger partial charge in [0.2, 0.25) is 7.37 Å². The van der Waals surface area contributed by atoms with Crippen LogP contribution in [-0.4, -0.2) is 33.2 Å². The van der Waals surface area contributed by atoms with Gasteiger partial charge in [-0.1, -0.05) is 0 Å². The lowest BCUT2D eigenvalue weighted by Crippen LogP contribution is -2.15. The maximum Gasteiger partial charge on any atom is 0.306 e. The Bertz CT molecular complexity index is 513. The normalized spacial score (nSPS) is 15.3. The van der Waals surface area contributed by atoms with E-state index in [4.69, 9.17) is 10.2 Å². The summed E-state index contributed by atoms with van der Waals surface area (Å²) in [5, 5.41) is 21.2. The van der Waals surface area contributed by atoms with Crippen LogP contribution in [0.1, 0.15) is 31.2 Å². The summed E-state index contributed by atoms with van der Waals surface area (Å²) >= 11 is 1.46. The van der Waals surface area contributed by atoms with Crippen molar-refractivity contribution in [2.45, 2.75) is 31.8 Å². The van der Waals surface area contributed by atoms with Gasteiger partial charge in [-0.25, -0.2) is 0 Å². The standard InChI is InChI=1S/C13H19O6PS/c14-12(15)4-3-11(13(16)17)2-1-6-20(18,19)8-10-5-7-21-9-10/h5,7,9,11H,1-4,6,8H2,(H,14,15)(H,16,17)(H,18,19). The molecule has 0 aliphatic carbocycles. The second-order valence-corrected chi connectivity index (χ2v) is 8.21. The van der Waals surface area contributed by atoms with Crippen LogP contribution >= 0.6 is 18.7 Å². The highest BCUT2D eigenvalue weighted by molar-refractivity contribution is 7.57. The van der Waals surface area contributed by atoms with Gasteiger partial charge in [0, 0.05) is 12.6 Å². The highest BCUT2D eigenvalue weighted by Crippen LogP contribution is 2.45. The maximum absolute atomic E-state index is 12.0. The highest BCUT2D eigenvalue weighted by atomic mass is 32.1. The van der Waals surface area contributed by atoms with Gasteiger partial charge in [0.1, 0.15) is 0 Å². The van der Waals surface area contributed by atoms with Crippen LogP contribution in [0.15, 0.2) is 16.8 Å². The van der Waals surface area contributed by atoms with Crippen molar-refractivity contribution in [1.29, 1.82) is 0 Å². The Hall–Kier alpha value is -1.17. The van der Waals surface area contributed by atoms with Crippen molar-refractivity contribution in [3.8, 4) is 0 Å². The van der Waals surface area contributed by atoms with Gasteiger partial charge in [0.05, 0.1) is 12.1 Å². The summed E-state index contributed by atoms with van der Waals surface area (Å²) in [4.78, 5) is 31.3. The summed E-state index contributed by atoms with van der Waals surface area (Å²) in [6.45, 7) is 0. The maximum atomic E-state index is 12.0. The lowest BCUT2D eigenvalue weighted by molar-refractivity contribution is -0.143. The van der Waals surface area contributed by atoms with Crippen LogP contribution in [0.5, 0.6) is 0 Å². The Morgan fingerprint density at radius 2 is 2.00 bits per heavy atom. The Morgan fingerprint density at radius 3 is 2.52 bits per heavy atom. The zero-order chi connectivity index (χ0) is 15.9. The Balaban J connectivity index is 2.40. The van der Waals surface area contributed by atoms with Crippen molar-refractivity contribution in [3.63, 3.8) is 0 Å². The van der Waals surface area contributed by atoms with Crippen LogP contribution in [0.25, 0.3) is 0 Å². The van der Waals surface area contributed by atoms with Gasteiger partial charge in [0.25, 0.3) is 0 Å². The number of carboxylic acid groups (broad SMARTS) is 2. The fourth-order valence-corrected chi connectivity index (χ4v) is 4.41. The van der Waals surface area contributed by atoms with Gasteiger partial charge < -0.3 is 15.1 Å². The SMILES string of the molecule is O=C(O)CCC(CCCP(=O)(O)Cc1ccsc1)C(=O)O. The molecule has 0 spiro atoms. The summed E-state index contributed by atoms with van der Waals surface area (Å²) < 4.78 is 12.0. The Labute approximate surface area is 126 Å². The molecule has 118 valence electrons. The minimum atomic E-state index is -3.31. The Kier molecular flexibility index (Phi) is 7.08. The number of hydrogen-bond donors (Lipinski definition) is 3. The predicted molar refractivity (Wildman–Crippen MR) is 79.9 cm³/mol. The smallest absolute Gasteiger partial charge is 0.306 e. The van der Waals surface area contributed by atoms with Crippen molar-refractivity contribution < 1.29 is 29.3 Å². The summed E-state index contributed by atoms with van der Waals surface area (Å²) in [5.74, 6) is -2.87. The molecule has 0 aromatic carbocycles. The van der Waals surface area contributed by atoms with Crippen LogP contribution in [0.4, 0.5) is 0 Å². The molecule has 1 aromatic rings. The number of aliphatic carboxylic acids is 2. The van der Waals surface area contributed by atoms with Crippen LogP contribution in [0, 0.1) is 5.92 Å². The first kappa shape index (κ1) is 17.9. The van der Waals surface area contributed by atoms with Gasteiger partial charge in [-0.05, 0) is 41.7 Å². The molecule has 0 saturated carbocycles. The molecule has 0 fully saturated rings. The molecule has 21 heavy (non-hydrogen) atoms. The number of rotatable bonds is 10. The third-order valence-corrected chi connectivity index (χ3v) is 5.73. The second kappa shape index (κ2) is 8.32. The molecular formula is C13H19O6PS. The van der Waals surface area contributed by atoms with E-state index in [9.17, 15) is 19.0 Å². The van der Waals surface area contributed by atoms with E-state index in [0.29, 0.717) is 6.42 Å². The van der Waals surface area contributed by atoms with Crippen LogP contribution < -0.4 is 0 Å². The van der Waals surface area contributed by atoms with Crippen molar-refractivity contribution >= 4 is 30.6 Å². The molecule has 0 aliphatic heterocycles. The van der Waals surface area contributed by atoms with E-state index in [1.807, 2.05) is 10.8 Å². The summed E-state index contributed by atoms with van der Waals surface area (Å²) in [6.07, 6.45) is 0.516. The number of hydrogen-bond acceptors (Lipinski definition) is 4. The first-order valence-electron chi connectivity index (χ1n) is 6.56. The molecule has 2 unspecified atom stereocenters. The van der Waals surface area contributed by atoms with E-state index in [1.54, 1.807) is 6.07 Å². The monoisotopic (exact) mass is 334 g/mol. The quantitative estimate of drug-likeness (QED) is 0.567. The number of thiophene rings is 1. The third kappa shape index (κ3) is 7.41. The van der Waals surface area contributed by atoms with E-state index < -0.39 is 25.2 Å². The second-order valence-electron chi connectivity index (χ2n) is 4.97. The predicted octanol–water partition coefficient (Wildman–Crippen LogP) is 2.86. The molecule has 8 heteroatoms. The number of carbonyl (C=O) groups is 2. The van der Waals surface area contributed by atoms with Crippen molar-refractivity contribution in [1.82, 2.24) is 0 Å². The van der Waals surface area contributed by atoms with Gasteiger partial charge >= 0.3 is 11.9 Å². The molecule has 1 heterocycles. The molecule has 0 saturated heterocycles. The lowest BCUT2D eigenvalue weighted by atomic mass is 9.98. The van der Waals surface area contributed by atoms with Gasteiger partial charge in [-0.15, -0.1) is 0 Å². The fraction of sp³-hybridized carbons (Fsp3) is 0.538. The van der Waals surface area contributed by atoms with Crippen LogP contribution in [0.3, 0.4) is 0 Å². The van der Waals surface area contributed by atoms with E-state index in [1.165, 1.54) is 11.3 Å². The molecule has 0 radical (unpaired) electrons. The van der Waals surface area contributed by atoms with Gasteiger partial charge in [0.15, 0.2) is 0 Å². The molecule has 3 N–H and O–H groups in total. The molecular weight excluding hydrogens is 315 g/mol. The van der Waals surface area contributed by atoms with E-state index in [2.05, 4.69) is 0 Å². The summed E-state index contributed by atoms with van der Waals surface area (Å²) in [5.41, 5.74) is 0.812. The topological polar surface area (TPSA) is 112 Å². The Morgan fingerprint density at radius 1 is 1.29 bits per heavy atom. The average Bonchev–Trinajstić information content (AvgIpc) is 2.84. The lowest BCUT2D eigenvalue weighted by Gasteiger charge is -2.14. The van der Waals surface area contributed by atoms with Crippen LogP contribution in [-0.2, 0) is 20.3 Å². The average molecular weight is 334 g/mol. The first-order valence-corrected chi connectivity index (χ1v) is 9.54. The molecule has 2 atom stereocenters. The molecule has 0 amide bonds. The summed E-state index contributed by atoms with van der Waals surface area (Å²) in [7, 11) is -3.31.